The smallest absolute Gasteiger partial charge is 0.464 e. The molecule has 0 spiro atoms. The van der Waals surface area contributed by atoms with Crippen LogP contribution in [0.3, 0.4) is 0 Å². The average Bonchev–Trinajstić information content (AvgIpc) is 2.18. The second-order valence-electron chi connectivity index (χ2n) is 2.56. The van der Waals surface area contributed by atoms with Gasteiger partial charge >= 0.3 is 6.16 Å². The molecule has 0 radical (unpaired) electrons. The van der Waals surface area contributed by atoms with Crippen molar-refractivity contribution in [3.63, 3.8) is 0 Å². The van der Waals surface area contributed by atoms with Gasteiger partial charge in [-0.2, -0.15) is 0 Å². The summed E-state index contributed by atoms with van der Waals surface area (Å²) in [4.78, 5) is 19.7. The van der Waals surface area contributed by atoms with E-state index in [0.717, 1.165) is 0 Å². The van der Waals surface area contributed by atoms with Crippen LogP contribution in [0.5, 0.6) is 0 Å². The van der Waals surface area contributed by atoms with E-state index in [2.05, 4.69) is 0 Å². The highest BCUT2D eigenvalue weighted by molar-refractivity contribution is 5.75. The first-order valence-corrected chi connectivity index (χ1v) is 3.99. The predicted molar refractivity (Wildman–Crippen MR) is 53.1 cm³/mol. The van der Waals surface area contributed by atoms with Gasteiger partial charge in [-0.25, -0.2) is 4.79 Å². The number of rotatable bonds is 0. The van der Waals surface area contributed by atoms with Crippen LogP contribution in [0, 0.1) is 0 Å². The van der Waals surface area contributed by atoms with Crippen LogP contribution in [0.25, 0.3) is 11.0 Å². The number of para-hydroxylation sites is 1. The zero-order valence-corrected chi connectivity index (χ0v) is 7.58. The van der Waals surface area contributed by atoms with Crippen LogP contribution < -0.4 is 5.43 Å². The van der Waals surface area contributed by atoms with Gasteiger partial charge in [-0.3, -0.25) is 4.79 Å². The molecule has 2 N–H and O–H groups in total. The Morgan fingerprint density at radius 1 is 1.13 bits per heavy atom. The molecule has 0 aliphatic carbocycles. The third kappa shape index (κ3) is 3.15. The summed E-state index contributed by atoms with van der Waals surface area (Å²) in [5, 5.41) is 14.6. The summed E-state index contributed by atoms with van der Waals surface area (Å²) >= 11 is 0. The summed E-state index contributed by atoms with van der Waals surface area (Å²) in [6.45, 7) is 0. The van der Waals surface area contributed by atoms with Gasteiger partial charge in [-0.1, -0.05) is 12.1 Å². The number of carbonyl (C=O) groups is 1. The summed E-state index contributed by atoms with van der Waals surface area (Å²) in [6.07, 6.45) is -0.426. The van der Waals surface area contributed by atoms with E-state index < -0.39 is 6.16 Å². The number of benzene rings is 1. The van der Waals surface area contributed by atoms with Crippen LogP contribution in [0.2, 0.25) is 0 Å². The van der Waals surface area contributed by atoms with Gasteiger partial charge in [0, 0.05) is 6.07 Å². The third-order valence-corrected chi connectivity index (χ3v) is 1.57. The zero-order chi connectivity index (χ0) is 11.3. The Hall–Kier alpha value is -2.30. The molecule has 0 aliphatic rings. The molecule has 0 aliphatic heterocycles. The second-order valence-corrected chi connectivity index (χ2v) is 2.56. The van der Waals surface area contributed by atoms with Gasteiger partial charge in [-0.15, -0.1) is 0 Å². The predicted octanol–water partition coefficient (Wildman–Crippen LogP) is 2.02. The molecule has 0 bridgehead atoms. The van der Waals surface area contributed by atoms with E-state index in [1.54, 1.807) is 12.1 Å². The van der Waals surface area contributed by atoms with Gasteiger partial charge in [-0.05, 0) is 12.1 Å². The van der Waals surface area contributed by atoms with Crippen LogP contribution in [-0.4, -0.2) is 16.4 Å². The summed E-state index contributed by atoms with van der Waals surface area (Å²) in [5.74, 6) is 0. The Morgan fingerprint density at radius 2 is 1.73 bits per heavy atom. The van der Waals surface area contributed by atoms with E-state index in [1.807, 2.05) is 12.1 Å². The molecule has 1 heterocycles. The van der Waals surface area contributed by atoms with Gasteiger partial charge in [0.15, 0.2) is 5.43 Å². The van der Waals surface area contributed by atoms with Gasteiger partial charge in [0.05, 0.1) is 11.6 Å². The van der Waals surface area contributed by atoms with Crippen molar-refractivity contribution >= 4 is 17.1 Å². The molecule has 5 heteroatoms. The van der Waals surface area contributed by atoms with Gasteiger partial charge in [0.1, 0.15) is 5.58 Å². The standard InChI is InChI=1S/C9H6O2.CH2O3/c10-8-5-6-11-9-4-2-1-3-7(8)9;2-1(3)4/h1-6H;(H2,2,3,4). The molecule has 2 rings (SSSR count). The normalized spacial score (nSPS) is 9.07. The highest BCUT2D eigenvalue weighted by Gasteiger charge is 1.95. The minimum Gasteiger partial charge on any atom is -0.464 e. The van der Waals surface area contributed by atoms with E-state index >= 15 is 0 Å². The molecule has 0 saturated heterocycles. The van der Waals surface area contributed by atoms with E-state index in [1.165, 1.54) is 12.3 Å². The first-order valence-electron chi connectivity index (χ1n) is 3.99. The van der Waals surface area contributed by atoms with Gasteiger partial charge in [0.2, 0.25) is 0 Å². The first-order chi connectivity index (χ1) is 7.11. The SMILES string of the molecule is O=C(O)O.O=c1ccoc2ccccc12. The molecule has 1 aromatic heterocycles. The highest BCUT2D eigenvalue weighted by Crippen LogP contribution is 2.06. The summed E-state index contributed by atoms with van der Waals surface area (Å²) in [7, 11) is 0. The fourth-order valence-electron chi connectivity index (χ4n) is 1.03. The van der Waals surface area contributed by atoms with Crippen molar-refractivity contribution in [2.75, 3.05) is 0 Å². The number of hydrogen-bond donors (Lipinski definition) is 2. The zero-order valence-electron chi connectivity index (χ0n) is 7.58. The summed E-state index contributed by atoms with van der Waals surface area (Å²) in [5.41, 5.74) is 0.645. The Bertz CT molecular complexity index is 505. The van der Waals surface area contributed by atoms with Gasteiger partial charge < -0.3 is 14.6 Å². The second kappa shape index (κ2) is 4.80. The van der Waals surface area contributed by atoms with E-state index in [0.29, 0.717) is 11.0 Å². The maximum atomic E-state index is 11.1. The van der Waals surface area contributed by atoms with Crippen molar-refractivity contribution < 1.29 is 19.4 Å². The Labute approximate surface area is 84.2 Å². The Morgan fingerprint density at radius 3 is 2.33 bits per heavy atom. The molecule has 2 aromatic rings. The lowest BCUT2D eigenvalue weighted by Gasteiger charge is -1.91. The Balaban J connectivity index is 0.000000245. The molecule has 78 valence electrons. The van der Waals surface area contributed by atoms with Crippen LogP contribution in [0.1, 0.15) is 0 Å². The molecule has 0 saturated carbocycles. The van der Waals surface area contributed by atoms with Crippen molar-refractivity contribution in [2.24, 2.45) is 0 Å². The molecule has 1 aromatic carbocycles. The highest BCUT2D eigenvalue weighted by atomic mass is 16.6. The molecule has 0 amide bonds. The molecule has 15 heavy (non-hydrogen) atoms. The fourth-order valence-corrected chi connectivity index (χ4v) is 1.03. The van der Waals surface area contributed by atoms with Crippen molar-refractivity contribution in [1.29, 1.82) is 0 Å². The lowest BCUT2D eigenvalue weighted by Crippen LogP contribution is -1.96. The number of fused-ring (bicyclic) bond motifs is 1. The first kappa shape index (κ1) is 10.8. The topological polar surface area (TPSA) is 87.7 Å². The quantitative estimate of drug-likeness (QED) is 0.691. The number of hydrogen-bond acceptors (Lipinski definition) is 3. The maximum absolute atomic E-state index is 11.1. The van der Waals surface area contributed by atoms with Crippen molar-refractivity contribution in [3.8, 4) is 0 Å². The molecule has 0 unspecified atom stereocenters. The van der Waals surface area contributed by atoms with E-state index in [-0.39, 0.29) is 5.43 Å². The van der Waals surface area contributed by atoms with E-state index in [4.69, 9.17) is 19.4 Å². The van der Waals surface area contributed by atoms with E-state index in [9.17, 15) is 4.79 Å². The van der Waals surface area contributed by atoms with Gasteiger partial charge in [0.25, 0.3) is 0 Å². The summed E-state index contributed by atoms with van der Waals surface area (Å²) < 4.78 is 5.09. The average molecular weight is 208 g/mol. The monoisotopic (exact) mass is 208 g/mol. The molecular weight excluding hydrogens is 200 g/mol. The van der Waals surface area contributed by atoms with Crippen LogP contribution in [-0.2, 0) is 0 Å². The maximum Gasteiger partial charge on any atom is 0.503 e. The third-order valence-electron chi connectivity index (χ3n) is 1.57. The molecular formula is C10H8O5. The van der Waals surface area contributed by atoms with Crippen LogP contribution in [0.4, 0.5) is 4.79 Å². The van der Waals surface area contributed by atoms with Crippen LogP contribution >= 0.6 is 0 Å². The molecule has 5 nitrogen and oxygen atoms in total. The number of carboxylic acid groups (broad SMARTS) is 2. The van der Waals surface area contributed by atoms with Crippen molar-refractivity contribution in [2.45, 2.75) is 0 Å². The fraction of sp³-hybridized carbons (Fsp3) is 0. The Kier molecular flexibility index (Phi) is 3.45. The van der Waals surface area contributed by atoms with Crippen molar-refractivity contribution in [1.82, 2.24) is 0 Å². The lowest BCUT2D eigenvalue weighted by atomic mass is 10.2. The van der Waals surface area contributed by atoms with Crippen LogP contribution in [0.15, 0.2) is 45.8 Å². The summed E-state index contributed by atoms with van der Waals surface area (Å²) in [6, 6.07) is 8.60. The lowest BCUT2D eigenvalue weighted by molar-refractivity contribution is 0.137. The minimum atomic E-state index is -1.83. The largest absolute Gasteiger partial charge is 0.503 e. The van der Waals surface area contributed by atoms with Crippen molar-refractivity contribution in [3.05, 3.63) is 46.8 Å². The molecule has 0 fully saturated rings. The minimum absolute atomic E-state index is 0.00634. The molecule has 0 atom stereocenters.